The van der Waals surface area contributed by atoms with Crippen LogP contribution in [-0.2, 0) is 13.1 Å². The zero-order valence-electron chi connectivity index (χ0n) is 31.8. The number of carbonyl (C=O) groups is 2. The molecule has 2 aromatic heterocycles. The molecule has 0 aliphatic heterocycles. The fourth-order valence-electron chi connectivity index (χ4n) is 6.64. The van der Waals surface area contributed by atoms with Gasteiger partial charge in [0.2, 0.25) is 0 Å². The zero-order chi connectivity index (χ0) is 38.7. The summed E-state index contributed by atoms with van der Waals surface area (Å²) in [7, 11) is 3.86. The molecule has 0 saturated heterocycles. The van der Waals surface area contributed by atoms with Gasteiger partial charge < -0.3 is 10.6 Å². The quantitative estimate of drug-likeness (QED) is 0.0480. The summed E-state index contributed by atoms with van der Waals surface area (Å²) < 4.78 is 4.25. The molecule has 0 radical (unpaired) electrons. The van der Waals surface area contributed by atoms with Gasteiger partial charge in [0.05, 0.1) is 34.9 Å². The molecule has 280 valence electrons. The second-order valence-electron chi connectivity index (χ2n) is 13.6. The second kappa shape index (κ2) is 17.9. The Balaban J connectivity index is 0.917. The number of hydrazone groups is 2. The van der Waals surface area contributed by atoms with Gasteiger partial charge in [-0.05, 0) is 36.4 Å². The minimum atomic E-state index is -0.144. The normalized spacial score (nSPS) is 12.1. The Bertz CT molecular complexity index is 2160. The van der Waals surface area contributed by atoms with E-state index in [1.807, 2.05) is 171 Å². The Labute approximate surface area is 328 Å². The highest BCUT2D eigenvalue weighted by atomic mass is 16.1. The second-order valence-corrected chi connectivity index (χ2v) is 13.6. The average molecular weight is 743 g/mol. The Morgan fingerprint density at radius 2 is 0.929 bits per heavy atom. The van der Waals surface area contributed by atoms with Crippen molar-refractivity contribution in [3.8, 4) is 0 Å². The molecule has 1 aliphatic carbocycles. The van der Waals surface area contributed by atoms with Gasteiger partial charge in [-0.3, -0.25) is 19.6 Å². The predicted molar refractivity (Wildman–Crippen MR) is 224 cm³/mol. The molecule has 10 nitrogen and oxygen atoms in total. The van der Waals surface area contributed by atoms with Crippen molar-refractivity contribution in [3.05, 3.63) is 179 Å². The van der Waals surface area contributed by atoms with Gasteiger partial charge in [-0.2, -0.15) is 10.2 Å². The molecule has 0 bridgehead atoms. The number of anilines is 4. The van der Waals surface area contributed by atoms with Crippen molar-refractivity contribution in [1.29, 1.82) is 0 Å². The van der Waals surface area contributed by atoms with Gasteiger partial charge >= 0.3 is 0 Å². The Morgan fingerprint density at radius 1 is 0.518 bits per heavy atom. The largest absolute Gasteiger partial charge is 0.384 e. The molecule has 10 heteroatoms. The van der Waals surface area contributed by atoms with E-state index in [1.165, 1.54) is 0 Å². The average Bonchev–Trinajstić information content (AvgIpc) is 3.25. The number of nitrogens with one attached hydrogen (secondary N) is 2. The molecule has 2 heterocycles. The van der Waals surface area contributed by atoms with Gasteiger partial charge in [-0.1, -0.05) is 60.7 Å². The van der Waals surface area contributed by atoms with Crippen LogP contribution >= 0.6 is 0 Å². The monoisotopic (exact) mass is 742 g/mol. The van der Waals surface area contributed by atoms with Crippen molar-refractivity contribution in [1.82, 2.24) is 0 Å². The van der Waals surface area contributed by atoms with Crippen molar-refractivity contribution in [2.75, 3.05) is 47.8 Å². The molecule has 0 unspecified atom stereocenters. The maximum Gasteiger partial charge on any atom is 0.198 e. The summed E-state index contributed by atoms with van der Waals surface area (Å²) in [5, 5.41) is 19.7. The molecule has 1 aliphatic rings. The van der Waals surface area contributed by atoms with E-state index in [9.17, 15) is 9.59 Å². The van der Waals surface area contributed by atoms with Crippen LogP contribution in [-0.4, -0.2) is 51.2 Å². The number of hydrogen-bond acceptors (Lipinski definition) is 8. The number of carbonyl (C=O) groups excluding carboxylic acids is 2. The SMILES string of the molecule is CN(N=Cc1cc[n+](CCCNc2cccc3c2C(=O)c2c(NCCC[n+]4ccc(C=NN(C)c5ccccc5)cc4)cccc2C3=O)cc1)c1ccccc1. The summed E-state index contributed by atoms with van der Waals surface area (Å²) in [6.07, 6.45) is 13.5. The van der Waals surface area contributed by atoms with Gasteiger partial charge in [-0.25, -0.2) is 9.13 Å². The molecule has 0 fully saturated rings. The van der Waals surface area contributed by atoms with E-state index in [1.54, 1.807) is 12.1 Å². The van der Waals surface area contributed by atoms with Crippen LogP contribution in [0.5, 0.6) is 0 Å². The molecule has 7 rings (SSSR count). The molecule has 4 aromatic carbocycles. The van der Waals surface area contributed by atoms with E-state index in [0.29, 0.717) is 46.7 Å². The number of nitrogens with zero attached hydrogens (tertiary/aromatic N) is 6. The first-order valence-corrected chi connectivity index (χ1v) is 18.9. The van der Waals surface area contributed by atoms with Crippen LogP contribution in [0.1, 0.15) is 55.8 Å². The maximum atomic E-state index is 14.2. The number of aryl methyl sites for hydroxylation is 2. The Morgan fingerprint density at radius 3 is 1.34 bits per heavy atom. The third-order valence-corrected chi connectivity index (χ3v) is 9.74. The smallest absolute Gasteiger partial charge is 0.198 e. The van der Waals surface area contributed by atoms with Crippen LogP contribution in [0.25, 0.3) is 0 Å². The van der Waals surface area contributed by atoms with E-state index in [4.69, 9.17) is 0 Å². The third kappa shape index (κ3) is 9.05. The molecular formula is C46H46N8O2+2. The standard InChI is InChI=1S/C46H45N8O2/c1-51(37-13-5-3-6-14-37)49-33-35-21-29-53(30-22-35)27-11-25-47-41-19-9-17-39-43(41)46(56)44-40(45(39)55)18-10-20-42(44)48-26-12-28-54-31-23-36(24-32-54)34-50-52(2)38-15-7-4-8-16-38/h3-10,13-24,29-34H,11-12,25-28H2,1-2H3,(H-,47,48,56)/q+1/p+1. The number of fused-ring (bicyclic) bond motifs is 2. The highest BCUT2D eigenvalue weighted by molar-refractivity contribution is 6.31. The lowest BCUT2D eigenvalue weighted by Gasteiger charge is -2.23. The first-order valence-electron chi connectivity index (χ1n) is 18.9. The summed E-state index contributed by atoms with van der Waals surface area (Å²) in [5.74, 6) is -0.278. The molecule has 56 heavy (non-hydrogen) atoms. The topological polar surface area (TPSA) is 97.2 Å². The molecule has 0 spiro atoms. The maximum absolute atomic E-state index is 14.2. The molecule has 6 aromatic rings. The van der Waals surface area contributed by atoms with Gasteiger partial charge in [0.1, 0.15) is 13.1 Å². The van der Waals surface area contributed by atoms with Crippen LogP contribution in [0.4, 0.5) is 22.7 Å². The minimum absolute atomic E-state index is 0.134. The Kier molecular flexibility index (Phi) is 12.0. The van der Waals surface area contributed by atoms with Gasteiger partial charge in [0.15, 0.2) is 36.4 Å². The zero-order valence-corrected chi connectivity index (χ0v) is 31.8. The first kappa shape index (κ1) is 37.4. The number of ketones is 2. The number of hydrogen-bond donors (Lipinski definition) is 2. The first-order chi connectivity index (χ1) is 27.4. The van der Waals surface area contributed by atoms with Gasteiger partial charge in [-0.15, -0.1) is 0 Å². The van der Waals surface area contributed by atoms with Crippen LogP contribution < -0.4 is 29.8 Å². The number of para-hydroxylation sites is 2. The minimum Gasteiger partial charge on any atom is -0.384 e. The van der Waals surface area contributed by atoms with Crippen LogP contribution in [0.2, 0.25) is 0 Å². The van der Waals surface area contributed by atoms with Crippen LogP contribution in [0.3, 0.4) is 0 Å². The highest BCUT2D eigenvalue weighted by Gasteiger charge is 2.33. The lowest BCUT2D eigenvalue weighted by molar-refractivity contribution is -0.697. The van der Waals surface area contributed by atoms with E-state index < -0.39 is 0 Å². The fraction of sp³-hybridized carbons (Fsp3) is 0.174. The van der Waals surface area contributed by atoms with Gasteiger partial charge in [0.25, 0.3) is 0 Å². The summed E-state index contributed by atoms with van der Waals surface area (Å²) in [6.45, 7) is 2.85. The number of pyridine rings is 2. The van der Waals surface area contributed by atoms with E-state index in [0.717, 1.165) is 48.4 Å². The van der Waals surface area contributed by atoms with E-state index >= 15 is 0 Å². The van der Waals surface area contributed by atoms with E-state index in [-0.39, 0.29) is 11.6 Å². The molecule has 2 N–H and O–H groups in total. The Hall–Kier alpha value is -6.94. The van der Waals surface area contributed by atoms with Crippen LogP contribution in [0, 0.1) is 0 Å². The summed E-state index contributed by atoms with van der Waals surface area (Å²) >= 11 is 0. The van der Waals surface area contributed by atoms with Crippen molar-refractivity contribution < 1.29 is 18.7 Å². The van der Waals surface area contributed by atoms with Crippen molar-refractivity contribution in [2.24, 2.45) is 10.2 Å². The van der Waals surface area contributed by atoms with Crippen LogP contribution in [0.15, 0.2) is 156 Å². The number of rotatable bonds is 16. The lowest BCUT2D eigenvalue weighted by Crippen LogP contribution is -2.34. The highest BCUT2D eigenvalue weighted by Crippen LogP contribution is 2.35. The fourth-order valence-corrected chi connectivity index (χ4v) is 6.64. The number of benzene rings is 4. The molecule has 0 amide bonds. The molecule has 0 saturated carbocycles. The van der Waals surface area contributed by atoms with Crippen molar-refractivity contribution in [2.45, 2.75) is 25.9 Å². The molecular weight excluding hydrogens is 697 g/mol. The third-order valence-electron chi connectivity index (χ3n) is 9.74. The van der Waals surface area contributed by atoms with Crippen molar-refractivity contribution in [3.63, 3.8) is 0 Å². The summed E-state index contributed by atoms with van der Waals surface area (Å²) in [5.41, 5.74) is 7.16. The van der Waals surface area contributed by atoms with Gasteiger partial charge in [0, 0.05) is 97.9 Å². The number of aromatic nitrogens is 2. The molecule has 0 atom stereocenters. The van der Waals surface area contributed by atoms with Crippen molar-refractivity contribution >= 4 is 46.7 Å². The summed E-state index contributed by atoms with van der Waals surface area (Å²) in [4.78, 5) is 27.9. The predicted octanol–water partition coefficient (Wildman–Crippen LogP) is 6.98. The van der Waals surface area contributed by atoms with E-state index in [2.05, 4.69) is 30.0 Å². The summed E-state index contributed by atoms with van der Waals surface area (Å²) in [6, 6.07) is 39.1. The lowest BCUT2D eigenvalue weighted by atomic mass is 9.82.